The first-order valence-corrected chi connectivity index (χ1v) is 9.78. The summed E-state index contributed by atoms with van der Waals surface area (Å²) in [6.07, 6.45) is 4.13. The molecule has 1 aliphatic rings. The molecule has 1 atom stereocenters. The molecule has 1 heterocycles. The van der Waals surface area contributed by atoms with Gasteiger partial charge in [0, 0.05) is 19.1 Å². The lowest BCUT2D eigenvalue weighted by atomic mass is 10.0. The molecule has 0 spiro atoms. The summed E-state index contributed by atoms with van der Waals surface area (Å²) in [4.78, 5) is 14.6. The van der Waals surface area contributed by atoms with Crippen LogP contribution in [0.1, 0.15) is 31.4 Å². The highest BCUT2D eigenvalue weighted by Crippen LogP contribution is 2.17. The van der Waals surface area contributed by atoms with E-state index < -0.39 is 0 Å². The number of nitrogens with one attached hydrogen (secondary N) is 2. The molecule has 1 saturated heterocycles. The van der Waals surface area contributed by atoms with Crippen molar-refractivity contribution >= 4 is 6.03 Å². The predicted octanol–water partition coefficient (Wildman–Crippen LogP) is 3.58. The van der Waals surface area contributed by atoms with E-state index in [0.29, 0.717) is 13.1 Å². The standard InChI is InChI=1S/C22H29N3O2.CH4/c26-21-10-8-19(9-11-21)16-20(25-14-4-5-15-25)17-24-22(27)23-13-12-18-6-2-1-3-7-18;/h1-3,6-11,20,26H,4-5,12-17H2,(H2,23,24,27);1H4/t20-;/m0./s1. The van der Waals surface area contributed by atoms with Gasteiger partial charge >= 0.3 is 6.03 Å². The monoisotopic (exact) mass is 383 g/mol. The topological polar surface area (TPSA) is 64.6 Å². The average molecular weight is 384 g/mol. The zero-order chi connectivity index (χ0) is 18.9. The summed E-state index contributed by atoms with van der Waals surface area (Å²) >= 11 is 0. The fraction of sp³-hybridized carbons (Fsp3) is 0.435. The van der Waals surface area contributed by atoms with Crippen molar-refractivity contribution in [2.75, 3.05) is 26.2 Å². The van der Waals surface area contributed by atoms with Gasteiger partial charge in [-0.05, 0) is 62.0 Å². The molecule has 0 radical (unpaired) electrons. The molecule has 5 nitrogen and oxygen atoms in total. The number of urea groups is 1. The quantitative estimate of drug-likeness (QED) is 0.653. The van der Waals surface area contributed by atoms with Gasteiger partial charge in [-0.25, -0.2) is 4.79 Å². The molecule has 3 rings (SSSR count). The number of hydrogen-bond donors (Lipinski definition) is 3. The van der Waals surface area contributed by atoms with Crippen molar-refractivity contribution < 1.29 is 9.90 Å². The number of carbonyl (C=O) groups is 1. The minimum absolute atomic E-state index is 0. The zero-order valence-electron chi connectivity index (χ0n) is 15.7. The van der Waals surface area contributed by atoms with E-state index in [1.54, 1.807) is 12.1 Å². The number of aromatic hydroxyl groups is 1. The average Bonchev–Trinajstić information content (AvgIpc) is 3.22. The van der Waals surface area contributed by atoms with E-state index in [-0.39, 0.29) is 25.2 Å². The van der Waals surface area contributed by atoms with Crippen molar-refractivity contribution in [2.24, 2.45) is 0 Å². The normalized spacial score (nSPS) is 14.9. The third kappa shape index (κ3) is 6.89. The van der Waals surface area contributed by atoms with E-state index in [2.05, 4.69) is 27.7 Å². The maximum Gasteiger partial charge on any atom is 0.314 e. The van der Waals surface area contributed by atoms with Crippen molar-refractivity contribution in [1.29, 1.82) is 0 Å². The first-order valence-electron chi connectivity index (χ1n) is 9.78. The Bertz CT molecular complexity index is 698. The Labute approximate surface area is 168 Å². The van der Waals surface area contributed by atoms with Gasteiger partial charge in [-0.15, -0.1) is 0 Å². The highest BCUT2D eigenvalue weighted by atomic mass is 16.3. The van der Waals surface area contributed by atoms with Gasteiger partial charge in [0.15, 0.2) is 0 Å². The molecule has 2 amide bonds. The van der Waals surface area contributed by atoms with Crippen LogP contribution >= 0.6 is 0 Å². The van der Waals surface area contributed by atoms with E-state index in [1.165, 1.54) is 24.0 Å². The molecule has 152 valence electrons. The van der Waals surface area contributed by atoms with E-state index in [0.717, 1.165) is 25.9 Å². The molecule has 5 heteroatoms. The molecule has 28 heavy (non-hydrogen) atoms. The molecule has 2 aromatic carbocycles. The van der Waals surface area contributed by atoms with Crippen LogP contribution in [-0.2, 0) is 12.8 Å². The van der Waals surface area contributed by atoms with Crippen LogP contribution in [0, 0.1) is 0 Å². The summed E-state index contributed by atoms with van der Waals surface area (Å²) in [5, 5.41) is 15.5. The van der Waals surface area contributed by atoms with Crippen LogP contribution in [0.15, 0.2) is 54.6 Å². The molecule has 3 N–H and O–H groups in total. The number of phenols is 1. The lowest BCUT2D eigenvalue weighted by Crippen LogP contribution is -2.47. The first kappa shape index (κ1) is 21.8. The third-order valence-electron chi connectivity index (χ3n) is 5.11. The van der Waals surface area contributed by atoms with Gasteiger partial charge in [-0.1, -0.05) is 49.9 Å². The molecule has 0 aliphatic carbocycles. The van der Waals surface area contributed by atoms with Crippen molar-refractivity contribution in [3.8, 4) is 5.75 Å². The van der Waals surface area contributed by atoms with Crippen LogP contribution in [0.25, 0.3) is 0 Å². The number of nitrogens with zero attached hydrogens (tertiary/aromatic N) is 1. The van der Waals surface area contributed by atoms with Crippen LogP contribution in [-0.4, -0.2) is 48.3 Å². The second-order valence-corrected chi connectivity index (χ2v) is 7.14. The Kier molecular flexibility index (Phi) is 8.82. The Morgan fingerprint density at radius 3 is 2.32 bits per heavy atom. The molecular formula is C23H33N3O2. The highest BCUT2D eigenvalue weighted by Gasteiger charge is 2.22. The number of phenolic OH excluding ortho intramolecular Hbond substituents is 1. The van der Waals surface area contributed by atoms with Crippen molar-refractivity contribution in [2.45, 2.75) is 39.2 Å². The fourth-order valence-corrected chi connectivity index (χ4v) is 3.58. The van der Waals surface area contributed by atoms with Gasteiger partial charge in [0.1, 0.15) is 5.75 Å². The van der Waals surface area contributed by atoms with Gasteiger partial charge in [0.2, 0.25) is 0 Å². The largest absolute Gasteiger partial charge is 0.508 e. The van der Waals surface area contributed by atoms with Crippen LogP contribution in [0.4, 0.5) is 4.79 Å². The summed E-state index contributed by atoms with van der Waals surface area (Å²) in [6.45, 7) is 3.42. The first-order chi connectivity index (χ1) is 13.2. The minimum Gasteiger partial charge on any atom is -0.508 e. The van der Waals surface area contributed by atoms with Crippen LogP contribution < -0.4 is 10.6 Å². The summed E-state index contributed by atoms with van der Waals surface area (Å²) in [6, 6.07) is 17.7. The van der Waals surface area contributed by atoms with Crippen molar-refractivity contribution in [3.05, 3.63) is 65.7 Å². The lowest BCUT2D eigenvalue weighted by molar-refractivity contribution is 0.218. The second-order valence-electron chi connectivity index (χ2n) is 7.14. The van der Waals surface area contributed by atoms with E-state index in [9.17, 15) is 9.90 Å². The SMILES string of the molecule is C.O=C(NCCc1ccccc1)NC[C@H](Cc1ccc(O)cc1)N1CCCC1. The number of hydrogen-bond acceptors (Lipinski definition) is 3. The van der Waals surface area contributed by atoms with Gasteiger partial charge < -0.3 is 15.7 Å². The summed E-state index contributed by atoms with van der Waals surface area (Å²) in [5.41, 5.74) is 2.40. The smallest absolute Gasteiger partial charge is 0.314 e. The van der Waals surface area contributed by atoms with E-state index >= 15 is 0 Å². The third-order valence-corrected chi connectivity index (χ3v) is 5.11. The van der Waals surface area contributed by atoms with Crippen molar-refractivity contribution in [3.63, 3.8) is 0 Å². The van der Waals surface area contributed by atoms with E-state index in [4.69, 9.17) is 0 Å². The minimum atomic E-state index is -0.110. The van der Waals surface area contributed by atoms with Gasteiger partial charge in [0.25, 0.3) is 0 Å². The van der Waals surface area contributed by atoms with Crippen molar-refractivity contribution in [1.82, 2.24) is 15.5 Å². The number of likely N-dealkylation sites (tertiary alicyclic amines) is 1. The molecule has 1 fully saturated rings. The zero-order valence-corrected chi connectivity index (χ0v) is 15.7. The lowest BCUT2D eigenvalue weighted by Gasteiger charge is -2.28. The maximum absolute atomic E-state index is 12.2. The molecule has 0 saturated carbocycles. The number of amides is 2. The molecule has 0 unspecified atom stereocenters. The predicted molar refractivity (Wildman–Crippen MR) is 115 cm³/mol. The van der Waals surface area contributed by atoms with Gasteiger partial charge in [-0.2, -0.15) is 0 Å². The number of benzene rings is 2. The Morgan fingerprint density at radius 1 is 0.964 bits per heavy atom. The van der Waals surface area contributed by atoms with Crippen LogP contribution in [0.3, 0.4) is 0 Å². The van der Waals surface area contributed by atoms with Crippen LogP contribution in [0.2, 0.25) is 0 Å². The Balaban J connectivity index is 0.00000280. The summed E-state index contributed by atoms with van der Waals surface area (Å²) < 4.78 is 0. The maximum atomic E-state index is 12.2. The molecule has 0 aromatic heterocycles. The molecular weight excluding hydrogens is 350 g/mol. The Hall–Kier alpha value is -2.53. The summed E-state index contributed by atoms with van der Waals surface area (Å²) in [7, 11) is 0. The Morgan fingerprint density at radius 2 is 1.64 bits per heavy atom. The second kappa shape index (κ2) is 11.3. The molecule has 1 aliphatic heterocycles. The molecule has 2 aromatic rings. The van der Waals surface area contributed by atoms with Gasteiger partial charge in [0.05, 0.1) is 0 Å². The number of carbonyl (C=O) groups excluding carboxylic acids is 1. The molecule has 0 bridgehead atoms. The number of rotatable bonds is 8. The van der Waals surface area contributed by atoms with Gasteiger partial charge in [-0.3, -0.25) is 4.90 Å². The highest BCUT2D eigenvalue weighted by molar-refractivity contribution is 5.73. The van der Waals surface area contributed by atoms with E-state index in [1.807, 2.05) is 30.3 Å². The fourth-order valence-electron chi connectivity index (χ4n) is 3.58. The van der Waals surface area contributed by atoms with Crippen LogP contribution in [0.5, 0.6) is 5.75 Å². The summed E-state index contributed by atoms with van der Waals surface area (Å²) in [5.74, 6) is 0.285.